The fraction of sp³-hybridized carbons (Fsp3) is 0.600. The first-order valence-corrected chi connectivity index (χ1v) is 5.71. The van der Waals surface area contributed by atoms with Crippen molar-refractivity contribution >= 4 is 8.69 Å². The maximum Gasteiger partial charge on any atom is 0.199 e. The lowest BCUT2D eigenvalue weighted by Crippen LogP contribution is -2.46. The third-order valence-corrected chi connectivity index (χ3v) is 1.87. The van der Waals surface area contributed by atoms with E-state index < -0.39 is 45.7 Å². The molecule has 0 unspecified atom stereocenters. The summed E-state index contributed by atoms with van der Waals surface area (Å²) in [6, 6.07) is 0. The third-order valence-electron chi connectivity index (χ3n) is 1.87. The van der Waals surface area contributed by atoms with E-state index in [1.807, 2.05) is 0 Å². The molecule has 0 heterocycles. The molecule has 7 N–H and O–H groups in total. The topological polar surface area (TPSA) is 214 Å². The molecule has 0 aromatic carbocycles. The number of aliphatic hydroxyl groups excluding tert-OH is 3. The van der Waals surface area contributed by atoms with E-state index in [-0.39, 0.29) is 0 Å². The third kappa shape index (κ3) is 10.5. The molecule has 128 valence electrons. The van der Waals surface area contributed by atoms with Crippen LogP contribution in [-0.4, -0.2) is 72.7 Å². The largest absolute Gasteiger partial charge is 0.772 e. The summed E-state index contributed by atoms with van der Waals surface area (Å²) in [7, 11) is -1.08. The molecule has 0 aromatic heterocycles. The zero-order valence-electron chi connectivity index (χ0n) is 10.9. The van der Waals surface area contributed by atoms with Crippen LogP contribution >= 0.6 is 8.69 Å². The maximum atomic E-state index is 9.43. The average molecular weight is 342 g/mol. The SMILES string of the molecule is C#C[C@@](O)(CO)C(O)O.C#C[C@@](O)(CO[O-])C(O)O.O=P[O-]. The highest BCUT2D eigenvalue weighted by atomic mass is 31.1. The maximum absolute atomic E-state index is 9.43. The molecule has 0 rings (SSSR count). The first-order chi connectivity index (χ1) is 10.0. The van der Waals surface area contributed by atoms with Crippen molar-refractivity contribution in [2.24, 2.45) is 0 Å². The molecular weight excluding hydrogens is 327 g/mol. The molecule has 0 aliphatic heterocycles. The van der Waals surface area contributed by atoms with Gasteiger partial charge in [-0.2, -0.15) is 0 Å². The minimum Gasteiger partial charge on any atom is -0.772 e. The molecular formula is C10H15O11P-2. The van der Waals surface area contributed by atoms with E-state index in [1.165, 1.54) is 0 Å². The second-order valence-corrected chi connectivity index (χ2v) is 3.53. The van der Waals surface area contributed by atoms with Crippen molar-refractivity contribution in [2.45, 2.75) is 23.8 Å². The molecule has 0 aromatic rings. The minimum atomic E-state index is -2.30. The molecule has 0 spiro atoms. The Morgan fingerprint density at radius 2 is 1.41 bits per heavy atom. The van der Waals surface area contributed by atoms with Crippen LogP contribution in [-0.2, 0) is 9.45 Å². The second-order valence-electron chi connectivity index (χ2n) is 3.38. The van der Waals surface area contributed by atoms with Crippen LogP contribution in [0, 0.1) is 24.7 Å². The van der Waals surface area contributed by atoms with Gasteiger partial charge in [-0.3, -0.25) is 4.57 Å². The Balaban J connectivity index is -0.000000279. The van der Waals surface area contributed by atoms with Gasteiger partial charge in [0.05, 0.1) is 21.9 Å². The quantitative estimate of drug-likeness (QED) is 0.0821. The molecule has 0 saturated carbocycles. The highest BCUT2D eigenvalue weighted by Crippen LogP contribution is 2.06. The zero-order valence-corrected chi connectivity index (χ0v) is 11.8. The second kappa shape index (κ2) is 13.5. The lowest BCUT2D eigenvalue weighted by molar-refractivity contribution is -0.693. The van der Waals surface area contributed by atoms with Crippen LogP contribution in [0.2, 0.25) is 0 Å². The summed E-state index contributed by atoms with van der Waals surface area (Å²) in [5.74, 6) is 3.24. The van der Waals surface area contributed by atoms with Crippen molar-refractivity contribution in [3.8, 4) is 24.7 Å². The summed E-state index contributed by atoms with van der Waals surface area (Å²) in [5.41, 5.74) is -4.53. The highest BCUT2D eigenvalue weighted by Gasteiger charge is 2.31. The van der Waals surface area contributed by atoms with Crippen molar-refractivity contribution in [1.29, 1.82) is 0 Å². The van der Waals surface area contributed by atoms with Gasteiger partial charge in [0.15, 0.2) is 23.8 Å². The summed E-state index contributed by atoms with van der Waals surface area (Å²) in [5, 5.41) is 68.5. The van der Waals surface area contributed by atoms with Gasteiger partial charge in [0.2, 0.25) is 0 Å². The molecule has 0 bridgehead atoms. The Bertz CT molecular complexity index is 374. The van der Waals surface area contributed by atoms with Gasteiger partial charge in [-0.05, 0) is 0 Å². The van der Waals surface area contributed by atoms with Crippen LogP contribution in [0.15, 0.2) is 0 Å². The van der Waals surface area contributed by atoms with Crippen LogP contribution in [0.25, 0.3) is 0 Å². The van der Waals surface area contributed by atoms with Crippen LogP contribution < -0.4 is 10.2 Å². The van der Waals surface area contributed by atoms with E-state index in [1.54, 1.807) is 11.8 Å². The Hall–Kier alpha value is -1.18. The highest BCUT2D eigenvalue weighted by molar-refractivity contribution is 7.14. The predicted octanol–water partition coefficient (Wildman–Crippen LogP) is -5.84. The first kappa shape index (κ1) is 25.8. The fourth-order valence-electron chi connectivity index (χ4n) is 0.482. The summed E-state index contributed by atoms with van der Waals surface area (Å²) < 4.78 is 8.35. The number of terminal acetylenes is 2. The summed E-state index contributed by atoms with van der Waals surface area (Å²) in [4.78, 5) is 11.5. The molecule has 0 aliphatic carbocycles. The normalized spacial score (nSPS) is 15.3. The Morgan fingerprint density at radius 3 is 1.45 bits per heavy atom. The molecule has 0 amide bonds. The molecule has 22 heavy (non-hydrogen) atoms. The molecule has 12 heteroatoms. The molecule has 0 aliphatic rings. The smallest absolute Gasteiger partial charge is 0.199 e. The lowest BCUT2D eigenvalue weighted by atomic mass is 10.1. The average Bonchev–Trinajstić information content (AvgIpc) is 2.47. The van der Waals surface area contributed by atoms with Crippen LogP contribution in [0.4, 0.5) is 0 Å². The van der Waals surface area contributed by atoms with Gasteiger partial charge in [0.25, 0.3) is 0 Å². The van der Waals surface area contributed by atoms with Crippen molar-refractivity contribution in [3.05, 3.63) is 0 Å². The van der Waals surface area contributed by atoms with Crippen molar-refractivity contribution in [2.75, 3.05) is 13.2 Å². The molecule has 11 nitrogen and oxygen atoms in total. The summed E-state index contributed by atoms with van der Waals surface area (Å²) in [6.07, 6.45) is 5.01. The van der Waals surface area contributed by atoms with Gasteiger partial charge in [0, 0.05) is 0 Å². The van der Waals surface area contributed by atoms with Gasteiger partial charge < -0.3 is 50.8 Å². The van der Waals surface area contributed by atoms with E-state index >= 15 is 0 Å². The van der Waals surface area contributed by atoms with Gasteiger partial charge in [-0.15, -0.1) is 12.8 Å². The molecule has 2 atom stereocenters. The Labute approximate surface area is 126 Å². The van der Waals surface area contributed by atoms with Gasteiger partial charge in [0.1, 0.15) is 0 Å². The monoisotopic (exact) mass is 342 g/mol. The van der Waals surface area contributed by atoms with Crippen molar-refractivity contribution in [3.63, 3.8) is 0 Å². The van der Waals surface area contributed by atoms with Crippen molar-refractivity contribution < 1.29 is 55.3 Å². The summed E-state index contributed by atoms with van der Waals surface area (Å²) in [6.45, 7) is -1.73. The van der Waals surface area contributed by atoms with Crippen molar-refractivity contribution in [1.82, 2.24) is 0 Å². The molecule has 0 saturated heterocycles. The fourth-order valence-corrected chi connectivity index (χ4v) is 0.482. The van der Waals surface area contributed by atoms with E-state index in [2.05, 4.69) is 17.7 Å². The van der Waals surface area contributed by atoms with E-state index in [4.69, 9.17) is 45.2 Å². The molecule has 0 radical (unpaired) electrons. The number of aliphatic hydroxyl groups is 7. The zero-order chi connectivity index (χ0) is 18.4. The number of rotatable bonds is 5. The van der Waals surface area contributed by atoms with Gasteiger partial charge >= 0.3 is 0 Å². The van der Waals surface area contributed by atoms with Crippen LogP contribution in [0.1, 0.15) is 0 Å². The van der Waals surface area contributed by atoms with Gasteiger partial charge in [-0.1, -0.05) is 11.8 Å². The van der Waals surface area contributed by atoms with E-state index in [9.17, 15) is 5.26 Å². The molecule has 0 fully saturated rings. The van der Waals surface area contributed by atoms with Crippen LogP contribution in [0.3, 0.4) is 0 Å². The number of hydrogen-bond donors (Lipinski definition) is 7. The van der Waals surface area contributed by atoms with E-state index in [0.717, 1.165) is 0 Å². The first-order valence-electron chi connectivity index (χ1n) is 4.98. The standard InChI is InChI=1S/C5H8O5.C5H8O4.HO2P/c1-2-5(8,3-10-9)4(6)7;1-2-5(9,3-6)4(7)8;1-3-2/h1,4,6-9H,3H2;1,4,6-9H,3H2;(H,1,2)/p-2/t2*5-;/m11./s1. The lowest BCUT2D eigenvalue weighted by Gasteiger charge is -2.24. The van der Waals surface area contributed by atoms with Crippen LogP contribution in [0.5, 0.6) is 0 Å². The number of hydrogen-bond acceptors (Lipinski definition) is 11. The Morgan fingerprint density at radius 1 is 1.09 bits per heavy atom. The predicted molar refractivity (Wildman–Crippen MR) is 64.7 cm³/mol. The van der Waals surface area contributed by atoms with E-state index in [0.29, 0.717) is 0 Å². The summed E-state index contributed by atoms with van der Waals surface area (Å²) >= 11 is 0. The van der Waals surface area contributed by atoms with Gasteiger partial charge in [-0.25, -0.2) is 0 Å². The minimum absolute atomic E-state index is 0.860. The Kier molecular flexibility index (Phi) is 15.8.